The average molecular weight is 467 g/mol. The molecule has 0 fully saturated rings. The van der Waals surface area contributed by atoms with Gasteiger partial charge in [0.25, 0.3) is 0 Å². The summed E-state index contributed by atoms with van der Waals surface area (Å²) >= 11 is 0. The van der Waals surface area contributed by atoms with Gasteiger partial charge in [0.2, 0.25) is 8.32 Å². The molecule has 0 aromatic heterocycles. The van der Waals surface area contributed by atoms with E-state index >= 15 is 0 Å². The van der Waals surface area contributed by atoms with Gasteiger partial charge in [-0.15, -0.1) is 0 Å². The van der Waals surface area contributed by atoms with Gasteiger partial charge in [-0.3, -0.25) is 0 Å². The van der Waals surface area contributed by atoms with E-state index in [-0.39, 0.29) is 22.1 Å². The number of para-hydroxylation sites is 1. The number of fused-ring (bicyclic) bond motifs is 1. The Morgan fingerprint density at radius 2 is 1.60 bits per heavy atom. The summed E-state index contributed by atoms with van der Waals surface area (Å²) in [6, 6.07) is 6.26. The number of hydrogen-bond donors (Lipinski definition) is 0. The van der Waals surface area contributed by atoms with Crippen molar-refractivity contribution in [1.82, 2.24) is 0 Å². The van der Waals surface area contributed by atoms with Crippen molar-refractivity contribution in [2.75, 3.05) is 0 Å². The first kappa shape index (κ1) is 24.6. The first-order valence-corrected chi connectivity index (χ1v) is 14.1. The zero-order chi connectivity index (χ0) is 23.2. The van der Waals surface area contributed by atoms with E-state index in [1.807, 2.05) is 47.7 Å². The zero-order valence-corrected chi connectivity index (χ0v) is 20.1. The Bertz CT molecular complexity index is 926. The van der Waals surface area contributed by atoms with Crippen LogP contribution in [0.2, 0.25) is 18.1 Å². The molecule has 0 radical (unpaired) electrons. The van der Waals surface area contributed by atoms with Crippen molar-refractivity contribution in [2.24, 2.45) is 0 Å². The fourth-order valence-electron chi connectivity index (χ4n) is 2.83. The van der Waals surface area contributed by atoms with Gasteiger partial charge >= 0.3 is 15.6 Å². The quantitative estimate of drug-likeness (QED) is 0.284. The minimum absolute atomic E-state index is 0.00520. The van der Waals surface area contributed by atoms with Gasteiger partial charge in [-0.05, 0) is 43.1 Å². The molecule has 0 N–H and O–H groups in total. The van der Waals surface area contributed by atoms with E-state index in [0.717, 1.165) is 0 Å². The monoisotopic (exact) mass is 466 g/mol. The molecular formula is C20H29F3O5SSi. The Balaban J connectivity index is 2.85. The fourth-order valence-corrected chi connectivity index (χ4v) is 4.41. The third-order valence-corrected chi connectivity index (χ3v) is 11.1. The summed E-state index contributed by atoms with van der Waals surface area (Å²) in [5, 5.41) is -0.293. The minimum atomic E-state index is -5.91. The van der Waals surface area contributed by atoms with Gasteiger partial charge in [0.1, 0.15) is 5.75 Å². The van der Waals surface area contributed by atoms with Gasteiger partial charge in [-0.1, -0.05) is 46.8 Å². The molecule has 0 bridgehead atoms. The second kappa shape index (κ2) is 7.78. The number of rotatable bonds is 6. The standard InChI is InChI=1S/C20H29F3O5SSi/c1-8-19(9-2)17(28-30(6,7)18(3,4)5)16(27-29(24,25)20(21,22)23)14-12-10-11-13-15(14)26-19/h10-13H,8-9H2,1-7H3. The summed E-state index contributed by atoms with van der Waals surface area (Å²) in [7, 11) is -8.50. The number of hydrogen-bond acceptors (Lipinski definition) is 5. The van der Waals surface area contributed by atoms with Crippen molar-refractivity contribution < 1.29 is 34.9 Å². The van der Waals surface area contributed by atoms with Crippen LogP contribution in [0.15, 0.2) is 30.0 Å². The third-order valence-electron chi connectivity index (χ3n) is 5.84. The van der Waals surface area contributed by atoms with Gasteiger partial charge in [-0.2, -0.15) is 21.6 Å². The van der Waals surface area contributed by atoms with Gasteiger partial charge in [0.15, 0.2) is 17.1 Å². The van der Waals surface area contributed by atoms with Crippen LogP contribution in [0.4, 0.5) is 13.2 Å². The molecule has 0 saturated heterocycles. The molecule has 1 aliphatic rings. The predicted octanol–water partition coefficient (Wildman–Crippen LogP) is 6.19. The molecule has 30 heavy (non-hydrogen) atoms. The Morgan fingerprint density at radius 3 is 2.07 bits per heavy atom. The van der Waals surface area contributed by atoms with Crippen molar-refractivity contribution in [3.63, 3.8) is 0 Å². The molecule has 1 aromatic carbocycles. The van der Waals surface area contributed by atoms with Crippen LogP contribution in [0.3, 0.4) is 0 Å². The van der Waals surface area contributed by atoms with Crippen LogP contribution in [0.1, 0.15) is 53.0 Å². The molecule has 2 rings (SSSR count). The number of halogens is 3. The summed E-state index contributed by atoms with van der Waals surface area (Å²) in [5.74, 6) is -0.204. The lowest BCUT2D eigenvalue weighted by molar-refractivity contribution is -0.0513. The Kier molecular flexibility index (Phi) is 6.37. The van der Waals surface area contributed by atoms with Crippen molar-refractivity contribution in [1.29, 1.82) is 0 Å². The smallest absolute Gasteiger partial charge is 0.534 e. The van der Waals surface area contributed by atoms with E-state index < -0.39 is 35.3 Å². The molecule has 0 unspecified atom stereocenters. The molecule has 0 aliphatic carbocycles. The summed E-state index contributed by atoms with van der Waals surface area (Å²) < 4.78 is 80.8. The average Bonchev–Trinajstić information content (AvgIpc) is 2.61. The lowest BCUT2D eigenvalue weighted by Crippen LogP contribution is -2.48. The molecule has 0 atom stereocenters. The van der Waals surface area contributed by atoms with E-state index in [0.29, 0.717) is 12.8 Å². The molecule has 5 nitrogen and oxygen atoms in total. The Labute approximate surface area is 177 Å². The van der Waals surface area contributed by atoms with E-state index in [4.69, 9.17) is 13.3 Å². The molecular weight excluding hydrogens is 437 g/mol. The van der Waals surface area contributed by atoms with Crippen LogP contribution in [-0.4, -0.2) is 27.8 Å². The molecule has 170 valence electrons. The van der Waals surface area contributed by atoms with Crippen LogP contribution in [0.25, 0.3) is 5.76 Å². The fraction of sp³-hybridized carbons (Fsp3) is 0.600. The van der Waals surface area contributed by atoms with Crippen molar-refractivity contribution >= 4 is 24.2 Å². The van der Waals surface area contributed by atoms with Crippen molar-refractivity contribution in [3.05, 3.63) is 35.6 Å². The Morgan fingerprint density at radius 1 is 1.07 bits per heavy atom. The lowest BCUT2D eigenvalue weighted by Gasteiger charge is -2.45. The van der Waals surface area contributed by atoms with Crippen LogP contribution in [0.5, 0.6) is 5.75 Å². The normalized spacial score (nSPS) is 17.3. The second-order valence-electron chi connectivity index (χ2n) is 8.80. The minimum Gasteiger partial charge on any atom is -0.541 e. The zero-order valence-electron chi connectivity index (χ0n) is 18.3. The predicted molar refractivity (Wildman–Crippen MR) is 112 cm³/mol. The summed E-state index contributed by atoms with van der Waals surface area (Å²) in [4.78, 5) is 0. The molecule has 1 aromatic rings. The number of ether oxygens (including phenoxy) is 1. The van der Waals surface area contributed by atoms with E-state index in [1.165, 1.54) is 6.07 Å². The van der Waals surface area contributed by atoms with Crippen molar-refractivity contribution in [2.45, 2.75) is 76.7 Å². The van der Waals surface area contributed by atoms with Gasteiger partial charge in [0.05, 0.1) is 5.56 Å². The lowest BCUT2D eigenvalue weighted by atomic mass is 9.89. The van der Waals surface area contributed by atoms with Crippen LogP contribution >= 0.6 is 0 Å². The maximum atomic E-state index is 13.2. The maximum absolute atomic E-state index is 13.2. The van der Waals surface area contributed by atoms with Crippen LogP contribution in [-0.2, 0) is 18.7 Å². The molecule has 1 heterocycles. The largest absolute Gasteiger partial charge is 0.541 e. The number of alkyl halides is 3. The highest BCUT2D eigenvalue weighted by Crippen LogP contribution is 2.49. The highest BCUT2D eigenvalue weighted by atomic mass is 32.2. The third kappa shape index (κ3) is 4.34. The van der Waals surface area contributed by atoms with E-state index in [2.05, 4.69) is 0 Å². The highest BCUT2D eigenvalue weighted by molar-refractivity contribution is 7.87. The van der Waals surface area contributed by atoms with Gasteiger partial charge < -0.3 is 13.3 Å². The summed E-state index contributed by atoms with van der Waals surface area (Å²) in [6.07, 6.45) is 0.696. The number of benzene rings is 1. The van der Waals surface area contributed by atoms with E-state index in [1.54, 1.807) is 18.2 Å². The topological polar surface area (TPSA) is 61.8 Å². The van der Waals surface area contributed by atoms with Crippen LogP contribution in [0, 0.1) is 0 Å². The maximum Gasteiger partial charge on any atom is 0.534 e. The van der Waals surface area contributed by atoms with E-state index in [9.17, 15) is 21.6 Å². The Hall–Kier alpha value is -1.68. The highest BCUT2D eigenvalue weighted by Gasteiger charge is 2.53. The molecule has 10 heteroatoms. The molecule has 1 aliphatic heterocycles. The summed E-state index contributed by atoms with van der Waals surface area (Å²) in [5.41, 5.74) is -6.62. The molecule has 0 spiro atoms. The second-order valence-corrected chi connectivity index (χ2v) is 15.1. The van der Waals surface area contributed by atoms with Crippen molar-refractivity contribution in [3.8, 4) is 5.75 Å². The van der Waals surface area contributed by atoms with Gasteiger partial charge in [0, 0.05) is 0 Å². The van der Waals surface area contributed by atoms with Crippen LogP contribution < -0.4 is 4.74 Å². The van der Waals surface area contributed by atoms with Gasteiger partial charge in [-0.25, -0.2) is 0 Å². The first-order valence-electron chi connectivity index (χ1n) is 9.74. The molecule has 0 saturated carbocycles. The SMILES string of the molecule is CCC1(CC)Oc2ccccc2C(OS(=O)(=O)C(F)(F)F)=C1O[Si](C)(C)C(C)(C)C. The molecule has 0 amide bonds. The first-order chi connectivity index (χ1) is 13.5. The summed E-state index contributed by atoms with van der Waals surface area (Å²) in [6.45, 7) is 13.4.